The third kappa shape index (κ3) is 4.07. The number of nitrogen functional groups attached to an aromatic ring is 1. The number of para-hydroxylation sites is 1. The lowest BCUT2D eigenvalue weighted by Crippen LogP contribution is -2.16. The van der Waals surface area contributed by atoms with E-state index in [2.05, 4.69) is 9.97 Å². The van der Waals surface area contributed by atoms with Crippen molar-refractivity contribution in [2.75, 3.05) is 31.1 Å². The molecule has 0 saturated heterocycles. The molecule has 8 heteroatoms. The minimum atomic E-state index is -2.43. The second-order valence-corrected chi connectivity index (χ2v) is 9.91. The monoisotopic (exact) mass is 402 g/mol. The standard InChI is InChI=1S/C19H20ClN4O2P/c1-26-17-11-14(27(2,3)25)9-10-16(17)24(13-7-5-4-6-8-13)19-22-12-15(20)18(21)23-19/h4-12H,1-3H3,(H2,21,22,23). The molecule has 0 aliphatic heterocycles. The quantitative estimate of drug-likeness (QED) is 0.635. The summed E-state index contributed by atoms with van der Waals surface area (Å²) in [4.78, 5) is 10.5. The van der Waals surface area contributed by atoms with Crippen LogP contribution in [-0.2, 0) is 4.57 Å². The van der Waals surface area contributed by atoms with E-state index in [1.165, 1.54) is 6.20 Å². The van der Waals surface area contributed by atoms with Gasteiger partial charge in [0.15, 0.2) is 0 Å². The van der Waals surface area contributed by atoms with E-state index in [4.69, 9.17) is 22.1 Å². The van der Waals surface area contributed by atoms with Crippen molar-refractivity contribution in [2.45, 2.75) is 0 Å². The van der Waals surface area contributed by atoms with Gasteiger partial charge in [0.05, 0.1) is 19.0 Å². The van der Waals surface area contributed by atoms with E-state index in [9.17, 15) is 4.57 Å². The number of nitrogens with zero attached hydrogens (tertiary/aromatic N) is 3. The summed E-state index contributed by atoms with van der Waals surface area (Å²) in [5, 5.41) is 1.01. The first kappa shape index (κ1) is 19.2. The van der Waals surface area contributed by atoms with Crippen molar-refractivity contribution in [2.24, 2.45) is 0 Å². The van der Waals surface area contributed by atoms with Crippen LogP contribution in [0.5, 0.6) is 5.75 Å². The van der Waals surface area contributed by atoms with E-state index in [0.29, 0.717) is 17.4 Å². The normalized spacial score (nSPS) is 11.3. The summed E-state index contributed by atoms with van der Waals surface area (Å²) in [6.45, 7) is 3.44. The lowest BCUT2D eigenvalue weighted by molar-refractivity contribution is 0.416. The number of methoxy groups -OCH3 is 1. The Morgan fingerprint density at radius 2 is 1.85 bits per heavy atom. The molecule has 0 radical (unpaired) electrons. The molecule has 1 aromatic heterocycles. The topological polar surface area (TPSA) is 81.3 Å². The maximum atomic E-state index is 12.5. The summed E-state index contributed by atoms with van der Waals surface area (Å²) in [7, 11) is -0.865. The predicted octanol–water partition coefficient (Wildman–Crippen LogP) is 4.44. The average molecular weight is 403 g/mol. The van der Waals surface area contributed by atoms with Crippen LogP contribution in [0.2, 0.25) is 5.02 Å². The smallest absolute Gasteiger partial charge is 0.236 e. The molecule has 2 aromatic carbocycles. The van der Waals surface area contributed by atoms with Gasteiger partial charge in [0, 0.05) is 11.0 Å². The number of rotatable bonds is 5. The number of aromatic nitrogens is 2. The van der Waals surface area contributed by atoms with Crippen molar-refractivity contribution < 1.29 is 9.30 Å². The van der Waals surface area contributed by atoms with Crippen molar-refractivity contribution in [3.05, 3.63) is 59.8 Å². The number of benzene rings is 2. The van der Waals surface area contributed by atoms with Gasteiger partial charge in [-0.1, -0.05) is 29.8 Å². The Kier molecular flexibility index (Phi) is 5.40. The van der Waals surface area contributed by atoms with Gasteiger partial charge in [0.2, 0.25) is 5.95 Å². The largest absolute Gasteiger partial charge is 0.495 e. The van der Waals surface area contributed by atoms with Crippen LogP contribution >= 0.6 is 18.7 Å². The second-order valence-electron chi connectivity index (χ2n) is 6.28. The molecule has 0 saturated carbocycles. The summed E-state index contributed by atoms with van der Waals surface area (Å²) in [6, 6.07) is 15.0. The molecule has 0 amide bonds. The zero-order valence-electron chi connectivity index (χ0n) is 15.3. The summed E-state index contributed by atoms with van der Waals surface area (Å²) in [5.74, 6) is 1.09. The molecule has 0 aliphatic carbocycles. The lowest BCUT2D eigenvalue weighted by atomic mass is 10.2. The van der Waals surface area contributed by atoms with Gasteiger partial charge in [-0.15, -0.1) is 0 Å². The Hall–Kier alpha value is -2.56. The molecule has 0 aliphatic rings. The second kappa shape index (κ2) is 7.59. The third-order valence-corrected chi connectivity index (χ3v) is 5.81. The van der Waals surface area contributed by atoms with E-state index < -0.39 is 7.14 Å². The number of anilines is 4. The lowest BCUT2D eigenvalue weighted by Gasteiger charge is -2.25. The van der Waals surface area contributed by atoms with Crippen LogP contribution in [0, 0.1) is 0 Å². The minimum absolute atomic E-state index is 0.185. The van der Waals surface area contributed by atoms with Gasteiger partial charge in [-0.05, 0) is 43.7 Å². The molecule has 0 atom stereocenters. The van der Waals surface area contributed by atoms with E-state index in [0.717, 1.165) is 11.0 Å². The zero-order chi connectivity index (χ0) is 19.6. The van der Waals surface area contributed by atoms with Gasteiger partial charge in [0.25, 0.3) is 0 Å². The predicted molar refractivity (Wildman–Crippen MR) is 112 cm³/mol. The van der Waals surface area contributed by atoms with Crippen molar-refractivity contribution in [1.82, 2.24) is 9.97 Å². The molecule has 3 aromatic rings. The molecule has 0 bridgehead atoms. The summed E-state index contributed by atoms with van der Waals surface area (Å²) < 4.78 is 18.0. The van der Waals surface area contributed by atoms with Gasteiger partial charge < -0.3 is 15.0 Å². The van der Waals surface area contributed by atoms with Crippen molar-refractivity contribution in [3.8, 4) is 5.75 Å². The molecule has 2 N–H and O–H groups in total. The zero-order valence-corrected chi connectivity index (χ0v) is 16.9. The van der Waals surface area contributed by atoms with E-state index in [1.807, 2.05) is 47.4 Å². The summed E-state index contributed by atoms with van der Waals surface area (Å²) in [6.07, 6.45) is 1.46. The van der Waals surface area contributed by atoms with Crippen LogP contribution in [0.25, 0.3) is 0 Å². The fourth-order valence-corrected chi connectivity index (χ4v) is 3.56. The molecular formula is C19H20ClN4O2P. The molecular weight excluding hydrogens is 383 g/mol. The van der Waals surface area contributed by atoms with Crippen molar-refractivity contribution in [1.29, 1.82) is 0 Å². The number of hydrogen-bond donors (Lipinski definition) is 1. The first-order chi connectivity index (χ1) is 12.8. The Balaban J connectivity index is 2.22. The van der Waals surface area contributed by atoms with E-state index >= 15 is 0 Å². The fraction of sp³-hybridized carbons (Fsp3) is 0.158. The molecule has 1 heterocycles. The highest BCUT2D eigenvalue weighted by atomic mass is 35.5. The molecule has 27 heavy (non-hydrogen) atoms. The van der Waals surface area contributed by atoms with Crippen LogP contribution in [0.15, 0.2) is 54.7 Å². The van der Waals surface area contributed by atoms with E-state index in [1.54, 1.807) is 26.5 Å². The molecule has 3 rings (SSSR count). The summed E-state index contributed by atoms with van der Waals surface area (Å²) in [5.41, 5.74) is 7.41. The molecule has 0 spiro atoms. The van der Waals surface area contributed by atoms with Gasteiger partial charge >= 0.3 is 0 Å². The van der Waals surface area contributed by atoms with Crippen LogP contribution in [0.4, 0.5) is 23.1 Å². The number of halogens is 1. The van der Waals surface area contributed by atoms with Crippen molar-refractivity contribution in [3.63, 3.8) is 0 Å². The third-order valence-electron chi connectivity index (χ3n) is 4.00. The van der Waals surface area contributed by atoms with Crippen LogP contribution < -0.4 is 20.7 Å². The van der Waals surface area contributed by atoms with Gasteiger partial charge in [-0.25, -0.2) is 4.98 Å². The first-order valence-corrected chi connectivity index (χ1v) is 11.2. The minimum Gasteiger partial charge on any atom is -0.495 e. The highest BCUT2D eigenvalue weighted by Gasteiger charge is 2.22. The Morgan fingerprint density at radius 1 is 1.15 bits per heavy atom. The molecule has 6 nitrogen and oxygen atoms in total. The highest BCUT2D eigenvalue weighted by Crippen LogP contribution is 2.42. The van der Waals surface area contributed by atoms with Gasteiger partial charge in [-0.2, -0.15) is 4.98 Å². The highest BCUT2D eigenvalue weighted by molar-refractivity contribution is 7.70. The van der Waals surface area contributed by atoms with E-state index in [-0.39, 0.29) is 10.8 Å². The Morgan fingerprint density at radius 3 is 2.44 bits per heavy atom. The van der Waals surface area contributed by atoms with Crippen LogP contribution in [0.3, 0.4) is 0 Å². The first-order valence-electron chi connectivity index (χ1n) is 8.18. The fourth-order valence-electron chi connectivity index (χ4n) is 2.60. The number of hydrogen-bond acceptors (Lipinski definition) is 6. The van der Waals surface area contributed by atoms with Crippen LogP contribution in [0.1, 0.15) is 0 Å². The van der Waals surface area contributed by atoms with Crippen molar-refractivity contribution >= 4 is 47.2 Å². The maximum Gasteiger partial charge on any atom is 0.236 e. The number of ether oxygens (including phenoxy) is 1. The Bertz CT molecular complexity index is 1010. The Labute approximate surface area is 163 Å². The van der Waals surface area contributed by atoms with Gasteiger partial charge in [-0.3, -0.25) is 4.90 Å². The maximum absolute atomic E-state index is 12.5. The molecule has 0 fully saturated rings. The number of nitrogens with two attached hydrogens (primary N) is 1. The molecule has 0 unspecified atom stereocenters. The van der Waals surface area contributed by atoms with Crippen LogP contribution in [-0.4, -0.2) is 30.4 Å². The SMILES string of the molecule is COc1cc(P(C)(C)=O)ccc1N(c1ccccc1)c1ncc(Cl)c(N)n1. The van der Waals surface area contributed by atoms with Gasteiger partial charge in [0.1, 0.15) is 23.7 Å². The summed E-state index contributed by atoms with van der Waals surface area (Å²) >= 11 is 5.98. The molecule has 140 valence electrons. The average Bonchev–Trinajstić information content (AvgIpc) is 2.65.